The normalized spacial score (nSPS) is 22.4. The van der Waals surface area contributed by atoms with Gasteiger partial charge in [-0.3, -0.25) is 0 Å². The highest BCUT2D eigenvalue weighted by Gasteiger charge is 2.70. The van der Waals surface area contributed by atoms with Crippen LogP contribution in [-0.4, -0.2) is 4.33 Å². The zero-order chi connectivity index (χ0) is 15.0. The molecule has 1 aromatic rings. The topological polar surface area (TPSA) is 0 Å². The highest BCUT2D eigenvalue weighted by atomic mass is 35.5. The van der Waals surface area contributed by atoms with Crippen molar-refractivity contribution >= 4 is 116 Å². The Morgan fingerprint density at radius 3 is 1.00 bits per heavy atom. The summed E-state index contributed by atoms with van der Waals surface area (Å²) >= 11 is 60.9. The van der Waals surface area contributed by atoms with Gasteiger partial charge in [0.25, 0.3) is 0 Å². The second kappa shape index (κ2) is 5.06. The van der Waals surface area contributed by atoms with Gasteiger partial charge in [-0.05, 0) is 0 Å². The van der Waals surface area contributed by atoms with Crippen molar-refractivity contribution in [1.29, 1.82) is 0 Å². The average Bonchev–Trinajstić information content (AvgIpc) is 2.39. The van der Waals surface area contributed by atoms with Crippen molar-refractivity contribution in [2.75, 3.05) is 0 Å². The molecule has 0 saturated carbocycles. The van der Waals surface area contributed by atoms with Gasteiger partial charge in [0.05, 0.1) is 20.1 Å². The van der Waals surface area contributed by atoms with Crippen LogP contribution in [0.5, 0.6) is 0 Å². The van der Waals surface area contributed by atoms with Crippen molar-refractivity contribution in [1.82, 2.24) is 0 Å². The smallest absolute Gasteiger partial charge is 0.0941 e. The molecule has 10 heteroatoms. The molecule has 0 aromatic heterocycles. The Bertz CT molecular complexity index is 524. The van der Waals surface area contributed by atoms with Gasteiger partial charge < -0.3 is 0 Å². The molecular weight excluding hydrogens is 463 g/mol. The number of fused-ring (bicyclic) bond motifs is 1. The Kier molecular flexibility index (Phi) is 4.66. The summed E-state index contributed by atoms with van der Waals surface area (Å²) in [6, 6.07) is 0. The lowest BCUT2D eigenvalue weighted by Gasteiger charge is -2.32. The van der Waals surface area contributed by atoms with E-state index in [1.807, 2.05) is 0 Å². The van der Waals surface area contributed by atoms with Crippen LogP contribution >= 0.6 is 116 Å². The van der Waals surface area contributed by atoms with Gasteiger partial charge in [-0.1, -0.05) is 116 Å². The fourth-order valence-corrected chi connectivity index (χ4v) is 4.96. The zero-order valence-corrected chi connectivity index (χ0v) is 15.8. The first-order chi connectivity index (χ1) is 8.39. The van der Waals surface area contributed by atoms with E-state index < -0.39 is 13.0 Å². The van der Waals surface area contributed by atoms with Crippen LogP contribution in [0.25, 0.3) is 0 Å². The fraction of sp³-hybridized carbons (Fsp3) is 0.333. The average molecular weight is 463 g/mol. The minimum atomic E-state index is -2.02. The van der Waals surface area contributed by atoms with Crippen molar-refractivity contribution in [3.63, 3.8) is 0 Å². The van der Waals surface area contributed by atoms with Gasteiger partial charge in [0, 0.05) is 11.1 Å². The zero-order valence-electron chi connectivity index (χ0n) is 8.28. The van der Waals surface area contributed by atoms with Crippen molar-refractivity contribution in [3.8, 4) is 0 Å². The van der Waals surface area contributed by atoms with Crippen molar-refractivity contribution < 1.29 is 0 Å². The number of benzene rings is 1. The number of hydrogen-bond acceptors (Lipinski definition) is 0. The molecule has 0 saturated heterocycles. The molecular formula is C9Cl10. The van der Waals surface area contributed by atoms with Crippen LogP contribution in [-0.2, 0) is 8.67 Å². The molecule has 0 heterocycles. The fourth-order valence-electron chi connectivity index (χ4n) is 1.73. The number of hydrogen-bond donors (Lipinski definition) is 0. The first kappa shape index (κ1) is 17.5. The molecule has 0 unspecified atom stereocenters. The summed E-state index contributed by atoms with van der Waals surface area (Å²) < 4.78 is -5.87. The maximum absolute atomic E-state index is 6.16. The number of rotatable bonds is 0. The van der Waals surface area contributed by atoms with Crippen LogP contribution in [0.4, 0.5) is 0 Å². The lowest BCUT2D eigenvalue weighted by atomic mass is 10.1. The van der Waals surface area contributed by atoms with E-state index in [-0.39, 0.29) is 31.2 Å². The van der Waals surface area contributed by atoms with Gasteiger partial charge in [0.2, 0.25) is 0 Å². The van der Waals surface area contributed by atoms with Gasteiger partial charge in [0.15, 0.2) is 13.0 Å². The van der Waals surface area contributed by atoms with Crippen LogP contribution in [0.15, 0.2) is 0 Å². The van der Waals surface area contributed by atoms with E-state index >= 15 is 0 Å². The van der Waals surface area contributed by atoms with Gasteiger partial charge in [-0.2, -0.15) is 0 Å². The molecule has 19 heavy (non-hydrogen) atoms. The minimum absolute atomic E-state index is 0.0342. The quantitative estimate of drug-likeness (QED) is 0.210. The molecule has 0 aliphatic heterocycles. The first-order valence-corrected chi connectivity index (χ1v) is 8.17. The monoisotopic (exact) mass is 458 g/mol. The van der Waals surface area contributed by atoms with Gasteiger partial charge in [0.1, 0.15) is 0 Å². The third-order valence-electron chi connectivity index (χ3n) is 2.68. The second-order valence-electron chi connectivity index (χ2n) is 3.73. The largest absolute Gasteiger partial charge is 0.192 e. The molecule has 2 rings (SSSR count). The van der Waals surface area contributed by atoms with Crippen molar-refractivity contribution in [2.45, 2.75) is 13.0 Å². The van der Waals surface area contributed by atoms with Gasteiger partial charge in [-0.15, -0.1) is 0 Å². The maximum atomic E-state index is 6.16. The summed E-state index contributed by atoms with van der Waals surface area (Å²) in [7, 11) is 0. The molecule has 0 amide bonds. The Hall–Kier alpha value is 2.12. The van der Waals surface area contributed by atoms with E-state index in [2.05, 4.69) is 0 Å². The SMILES string of the molecule is Clc1c(Cl)c(Cl)c2c(c1Cl)C(Cl)(Cl)C(Cl)(Cl)C2(Cl)Cl. The molecule has 1 aliphatic carbocycles. The Balaban J connectivity index is 3.02. The summed E-state index contributed by atoms with van der Waals surface area (Å²) in [5.41, 5.74) is 0.0683. The van der Waals surface area contributed by atoms with E-state index in [1.165, 1.54) is 0 Å². The van der Waals surface area contributed by atoms with E-state index in [0.717, 1.165) is 0 Å². The minimum Gasteiger partial charge on any atom is -0.0941 e. The standard InChI is InChI=1S/C9Cl10/c10-3-1-2(4(11)6(13)5(3)12)8(16,17)9(18,19)7(1,14)15. The Labute approximate surface area is 159 Å². The van der Waals surface area contributed by atoms with Crippen LogP contribution in [0, 0.1) is 0 Å². The molecule has 0 fully saturated rings. The lowest BCUT2D eigenvalue weighted by molar-refractivity contribution is 0.687. The third-order valence-corrected chi connectivity index (χ3v) is 8.28. The van der Waals surface area contributed by atoms with Crippen molar-refractivity contribution in [2.24, 2.45) is 0 Å². The van der Waals surface area contributed by atoms with E-state index in [1.54, 1.807) is 0 Å². The molecule has 0 N–H and O–H groups in total. The highest BCUT2D eigenvalue weighted by molar-refractivity contribution is 6.71. The second-order valence-corrected chi connectivity index (χ2v) is 9.22. The lowest BCUT2D eigenvalue weighted by Crippen LogP contribution is -2.38. The molecule has 0 nitrogen and oxygen atoms in total. The molecule has 0 bridgehead atoms. The molecule has 1 aliphatic rings. The van der Waals surface area contributed by atoms with Crippen LogP contribution in [0.2, 0.25) is 20.1 Å². The van der Waals surface area contributed by atoms with Crippen LogP contribution in [0.3, 0.4) is 0 Å². The first-order valence-electron chi connectivity index (χ1n) is 4.39. The summed E-state index contributed by atoms with van der Waals surface area (Å²) in [5, 5.41) is -0.226. The highest BCUT2D eigenvalue weighted by Crippen LogP contribution is 2.72. The Morgan fingerprint density at radius 2 is 0.737 bits per heavy atom. The van der Waals surface area contributed by atoms with Crippen molar-refractivity contribution in [3.05, 3.63) is 31.2 Å². The molecule has 0 spiro atoms. The predicted molar refractivity (Wildman–Crippen MR) is 87.7 cm³/mol. The number of halogens is 10. The summed E-state index contributed by atoms with van der Waals surface area (Å²) in [5.74, 6) is 0. The molecule has 0 radical (unpaired) electrons. The maximum Gasteiger partial charge on any atom is 0.192 e. The van der Waals surface area contributed by atoms with E-state index in [0.29, 0.717) is 0 Å². The summed E-state index contributed by atoms with van der Waals surface area (Å²) in [6.45, 7) is 0. The summed E-state index contributed by atoms with van der Waals surface area (Å²) in [4.78, 5) is 0. The van der Waals surface area contributed by atoms with Gasteiger partial charge in [-0.25, -0.2) is 0 Å². The molecule has 0 atom stereocenters. The van der Waals surface area contributed by atoms with Crippen LogP contribution < -0.4 is 0 Å². The molecule has 1 aromatic carbocycles. The molecule has 106 valence electrons. The van der Waals surface area contributed by atoms with Gasteiger partial charge >= 0.3 is 0 Å². The van der Waals surface area contributed by atoms with E-state index in [9.17, 15) is 0 Å². The summed E-state index contributed by atoms with van der Waals surface area (Å²) in [6.07, 6.45) is 0. The third kappa shape index (κ3) is 2.10. The van der Waals surface area contributed by atoms with E-state index in [4.69, 9.17) is 116 Å². The predicted octanol–water partition coefficient (Wildman–Crippen LogP) is 7.75. The Morgan fingerprint density at radius 1 is 0.474 bits per heavy atom. The van der Waals surface area contributed by atoms with Crippen LogP contribution in [0.1, 0.15) is 11.1 Å². The number of alkyl halides is 6.